The summed E-state index contributed by atoms with van der Waals surface area (Å²) in [6, 6.07) is 18.6. The van der Waals surface area contributed by atoms with Gasteiger partial charge in [-0.3, -0.25) is 0 Å². The minimum atomic E-state index is -0.0799. The molecule has 130 valence electrons. The molecule has 4 heteroatoms. The highest BCUT2D eigenvalue weighted by Crippen LogP contribution is 2.32. The van der Waals surface area contributed by atoms with Gasteiger partial charge in [0.2, 0.25) is 0 Å². The summed E-state index contributed by atoms with van der Waals surface area (Å²) in [4.78, 5) is 11.2. The first-order chi connectivity index (χ1) is 12.5. The van der Waals surface area contributed by atoms with Crippen molar-refractivity contribution in [1.29, 1.82) is 0 Å². The first-order valence-electron chi connectivity index (χ1n) is 8.49. The van der Waals surface area contributed by atoms with E-state index < -0.39 is 0 Å². The predicted molar refractivity (Wildman–Crippen MR) is 102 cm³/mol. The number of rotatable bonds is 5. The largest absolute Gasteiger partial charge is 0.486 e. The number of ether oxygens (including phenoxy) is 1. The van der Waals surface area contributed by atoms with Crippen LogP contribution >= 0.6 is 0 Å². The van der Waals surface area contributed by atoms with E-state index in [0.717, 1.165) is 5.75 Å². The third-order valence-electron chi connectivity index (χ3n) is 4.54. The Labute approximate surface area is 154 Å². The molecule has 0 radical (unpaired) electrons. The lowest BCUT2D eigenvalue weighted by molar-refractivity contribution is 0.301. The van der Waals surface area contributed by atoms with E-state index in [9.17, 15) is 0 Å². The fourth-order valence-electron chi connectivity index (χ4n) is 2.78. The molecule has 1 aromatic heterocycles. The topological polar surface area (TPSA) is 39.4 Å². The monoisotopic (exact) mass is 343 g/mol. The normalized spacial score (nSPS) is 11.0. The number of hydrogen-bond acceptors (Lipinski definition) is 3. The Morgan fingerprint density at radius 3 is 2.19 bits per heavy atom. The molecule has 1 heterocycles. The molecule has 0 unspecified atom stereocenters. The highest BCUT2D eigenvalue weighted by atomic mass is 16.5. The molecule has 0 aliphatic carbocycles. The minimum Gasteiger partial charge on any atom is -0.486 e. The fraction of sp³-hybridized carbons (Fsp3) is 0.227. The van der Waals surface area contributed by atoms with Crippen LogP contribution in [0.15, 0.2) is 60.8 Å². The van der Waals surface area contributed by atoms with E-state index >= 15 is 0 Å². The third kappa shape index (κ3) is 3.89. The molecule has 0 bridgehead atoms. The van der Waals surface area contributed by atoms with Gasteiger partial charge in [-0.1, -0.05) is 55.8 Å². The lowest BCUT2D eigenvalue weighted by atomic mass is 9.78. The molecule has 0 saturated carbocycles. The molecular weight excluding hydrogens is 322 g/mol. The first-order valence-corrected chi connectivity index (χ1v) is 8.49. The molecule has 0 aliphatic rings. The molecule has 0 spiro atoms. The van der Waals surface area contributed by atoms with Crippen LogP contribution in [0, 0.1) is 13.5 Å². The van der Waals surface area contributed by atoms with E-state index in [2.05, 4.69) is 72.0 Å². The van der Waals surface area contributed by atoms with E-state index in [-0.39, 0.29) is 11.4 Å². The molecule has 0 N–H and O–H groups in total. The summed E-state index contributed by atoms with van der Waals surface area (Å²) in [5.41, 5.74) is 4.38. The van der Waals surface area contributed by atoms with Gasteiger partial charge in [-0.2, -0.15) is 9.97 Å². The fourth-order valence-corrected chi connectivity index (χ4v) is 2.78. The Morgan fingerprint density at radius 2 is 1.58 bits per heavy atom. The zero-order valence-electron chi connectivity index (χ0n) is 15.2. The van der Waals surface area contributed by atoms with Gasteiger partial charge in [-0.15, -0.1) is 6.57 Å². The Hall–Kier alpha value is -3.19. The van der Waals surface area contributed by atoms with Crippen molar-refractivity contribution >= 4 is 5.95 Å². The molecule has 0 atom stereocenters. The second-order valence-corrected chi connectivity index (χ2v) is 6.76. The second kappa shape index (κ2) is 7.37. The van der Waals surface area contributed by atoms with Crippen molar-refractivity contribution in [3.63, 3.8) is 0 Å². The number of aromatic nitrogens is 2. The van der Waals surface area contributed by atoms with Gasteiger partial charge in [0, 0.05) is 11.5 Å². The smallest absolute Gasteiger partial charge is 0.371 e. The Balaban J connectivity index is 1.71. The van der Waals surface area contributed by atoms with Crippen molar-refractivity contribution in [2.75, 3.05) is 0 Å². The van der Waals surface area contributed by atoms with Gasteiger partial charge in [0.15, 0.2) is 0 Å². The molecule has 2 aromatic carbocycles. The Morgan fingerprint density at radius 1 is 0.962 bits per heavy atom. The predicted octanol–water partition coefficient (Wildman–Crippen LogP) is 5.24. The number of benzene rings is 2. The number of nitrogens with zero attached hydrogens (tertiary/aromatic N) is 3. The van der Waals surface area contributed by atoms with E-state index in [1.54, 1.807) is 12.3 Å². The second-order valence-electron chi connectivity index (χ2n) is 6.76. The molecule has 26 heavy (non-hydrogen) atoms. The van der Waals surface area contributed by atoms with Crippen molar-refractivity contribution in [2.45, 2.75) is 32.8 Å². The average molecular weight is 343 g/mol. The van der Waals surface area contributed by atoms with Crippen LogP contribution in [-0.4, -0.2) is 9.97 Å². The highest BCUT2D eigenvalue weighted by Gasteiger charge is 2.22. The summed E-state index contributed by atoms with van der Waals surface area (Å²) in [6.07, 6.45) is 1.58. The van der Waals surface area contributed by atoms with Gasteiger partial charge in [0.05, 0.1) is 6.20 Å². The van der Waals surface area contributed by atoms with Crippen LogP contribution in [0.3, 0.4) is 0 Å². The summed E-state index contributed by atoms with van der Waals surface area (Å²) in [7, 11) is 0. The van der Waals surface area contributed by atoms with E-state index in [1.165, 1.54) is 16.7 Å². The van der Waals surface area contributed by atoms with Crippen LogP contribution < -0.4 is 4.74 Å². The standard InChI is InChI=1S/C22H21N3O/c1-16-5-7-17(8-6-16)22(2,3)18-9-11-20(12-10-18)26-15-19-13-14-24-21(23-4)25-19/h5-14H,15H2,1-3H3. The van der Waals surface area contributed by atoms with E-state index in [4.69, 9.17) is 11.3 Å². The molecule has 0 fully saturated rings. The van der Waals surface area contributed by atoms with Gasteiger partial charge in [0.1, 0.15) is 18.1 Å². The molecule has 0 amide bonds. The maximum absolute atomic E-state index is 6.96. The average Bonchev–Trinajstić information content (AvgIpc) is 2.67. The summed E-state index contributed by atoms with van der Waals surface area (Å²) in [5.74, 6) is 0.915. The Kier molecular flexibility index (Phi) is 4.99. The van der Waals surface area contributed by atoms with Crippen LogP contribution in [0.2, 0.25) is 0 Å². The van der Waals surface area contributed by atoms with Gasteiger partial charge in [-0.25, -0.2) is 0 Å². The summed E-state index contributed by atoms with van der Waals surface area (Å²) in [6.45, 7) is 13.8. The summed E-state index contributed by atoms with van der Waals surface area (Å²) >= 11 is 0. The lowest BCUT2D eigenvalue weighted by Crippen LogP contribution is -2.18. The SMILES string of the molecule is [C-]#[N+]c1nccc(COc2ccc(C(C)(C)c3ccc(C)cc3)cc2)n1. The lowest BCUT2D eigenvalue weighted by Gasteiger charge is -2.26. The maximum Gasteiger partial charge on any atom is 0.371 e. The van der Waals surface area contributed by atoms with Crippen molar-refractivity contribution in [3.8, 4) is 5.75 Å². The van der Waals surface area contributed by atoms with Crippen LogP contribution in [-0.2, 0) is 12.0 Å². The zero-order chi connectivity index (χ0) is 18.6. The molecule has 0 saturated heterocycles. The summed E-state index contributed by atoms with van der Waals surface area (Å²) in [5, 5.41) is 0. The highest BCUT2D eigenvalue weighted by molar-refractivity contribution is 5.40. The van der Waals surface area contributed by atoms with Crippen LogP contribution in [0.5, 0.6) is 5.75 Å². The number of aryl methyl sites for hydroxylation is 1. The molecule has 0 aliphatic heterocycles. The minimum absolute atomic E-state index is 0.0799. The Bertz CT molecular complexity index is 923. The van der Waals surface area contributed by atoms with Crippen LogP contribution in [0.25, 0.3) is 4.85 Å². The van der Waals surface area contributed by atoms with Gasteiger partial charge in [-0.05, 0) is 30.2 Å². The van der Waals surface area contributed by atoms with Crippen LogP contribution in [0.4, 0.5) is 5.95 Å². The van der Waals surface area contributed by atoms with Crippen LogP contribution in [0.1, 0.15) is 36.2 Å². The maximum atomic E-state index is 6.96. The molecule has 3 rings (SSSR count). The number of hydrogen-bond donors (Lipinski definition) is 0. The molecule has 3 aromatic rings. The van der Waals surface area contributed by atoms with Gasteiger partial charge < -0.3 is 9.58 Å². The van der Waals surface area contributed by atoms with Gasteiger partial charge >= 0.3 is 5.95 Å². The molecule has 4 nitrogen and oxygen atoms in total. The zero-order valence-corrected chi connectivity index (χ0v) is 15.2. The van der Waals surface area contributed by atoms with E-state index in [0.29, 0.717) is 12.3 Å². The van der Waals surface area contributed by atoms with Gasteiger partial charge in [0.25, 0.3) is 0 Å². The van der Waals surface area contributed by atoms with Crippen molar-refractivity contribution < 1.29 is 4.74 Å². The molecular formula is C22H21N3O. The van der Waals surface area contributed by atoms with Crippen molar-refractivity contribution in [2.24, 2.45) is 0 Å². The third-order valence-corrected chi connectivity index (χ3v) is 4.54. The quantitative estimate of drug-likeness (QED) is 0.595. The van der Waals surface area contributed by atoms with Crippen molar-refractivity contribution in [1.82, 2.24) is 9.97 Å². The first kappa shape index (κ1) is 17.6. The van der Waals surface area contributed by atoms with E-state index in [1.807, 2.05) is 12.1 Å². The summed E-state index contributed by atoms with van der Waals surface area (Å²) < 4.78 is 5.79. The van der Waals surface area contributed by atoms with Crippen molar-refractivity contribution in [3.05, 3.63) is 94.6 Å².